The number of nitrogens with one attached hydrogen (secondary N) is 1. The van der Waals surface area contributed by atoms with Crippen LogP contribution in [0.3, 0.4) is 0 Å². The minimum absolute atomic E-state index is 0.0376. The first-order chi connectivity index (χ1) is 15.0. The predicted octanol–water partition coefficient (Wildman–Crippen LogP) is 2.85. The molecule has 0 aromatic heterocycles. The van der Waals surface area contributed by atoms with Gasteiger partial charge in [-0.1, -0.05) is 61.4 Å². The van der Waals surface area contributed by atoms with Gasteiger partial charge < -0.3 is 20.1 Å². The second-order valence-electron chi connectivity index (χ2n) is 7.10. The Bertz CT molecular complexity index is 992. The molecule has 0 radical (unpaired) electrons. The number of alkyl carbamates (subject to hydrolysis) is 1. The summed E-state index contributed by atoms with van der Waals surface area (Å²) in [5, 5.41) is 11.4. The molecule has 1 aliphatic carbocycles. The molecule has 0 heterocycles. The number of nitrogens with zero attached hydrogens (tertiary/aromatic N) is 1. The highest BCUT2D eigenvalue weighted by Gasteiger charge is 2.28. The van der Waals surface area contributed by atoms with Crippen molar-refractivity contribution in [3.8, 4) is 23.0 Å². The van der Waals surface area contributed by atoms with Crippen LogP contribution in [0.15, 0.2) is 48.5 Å². The number of aliphatic carboxylic acids is 1. The van der Waals surface area contributed by atoms with Gasteiger partial charge in [0.25, 0.3) is 5.91 Å². The number of carboxylic acids is 1. The molecular formula is C24H24N2O5. The first kappa shape index (κ1) is 21.9. The quantitative estimate of drug-likeness (QED) is 0.672. The van der Waals surface area contributed by atoms with E-state index in [2.05, 4.69) is 29.3 Å². The molecule has 0 spiro atoms. The van der Waals surface area contributed by atoms with Gasteiger partial charge in [-0.3, -0.25) is 9.59 Å². The van der Waals surface area contributed by atoms with Crippen molar-refractivity contribution in [1.29, 1.82) is 0 Å². The standard InChI is InChI=1S/C24H24N2O5/c1-2-14-26(15-23(28)29)22(27)12-7-13-25-24(30)31-16-21-19-10-5-3-8-17(19)18-9-4-6-11-20(18)21/h3-6,8-11,21H,2,13-16H2,1H3,(H,25,30)(H,28,29). The van der Waals surface area contributed by atoms with Crippen LogP contribution in [0, 0.1) is 11.8 Å². The highest BCUT2D eigenvalue weighted by Crippen LogP contribution is 2.44. The molecule has 2 N–H and O–H groups in total. The van der Waals surface area contributed by atoms with Crippen molar-refractivity contribution >= 4 is 18.0 Å². The van der Waals surface area contributed by atoms with Crippen molar-refractivity contribution in [3.05, 3.63) is 59.7 Å². The highest BCUT2D eigenvalue weighted by molar-refractivity contribution is 5.95. The number of ether oxygens (including phenoxy) is 1. The Morgan fingerprint density at radius 3 is 2.26 bits per heavy atom. The van der Waals surface area contributed by atoms with Crippen LogP contribution < -0.4 is 5.32 Å². The fraction of sp³-hybridized carbons (Fsp3) is 0.292. The molecule has 7 heteroatoms. The Hall–Kier alpha value is -3.79. The summed E-state index contributed by atoms with van der Waals surface area (Å²) in [6, 6.07) is 16.1. The van der Waals surface area contributed by atoms with Gasteiger partial charge in [-0.25, -0.2) is 4.79 Å². The Balaban J connectivity index is 1.52. The average molecular weight is 420 g/mol. The number of hydrogen-bond donors (Lipinski definition) is 2. The smallest absolute Gasteiger partial charge is 0.407 e. The first-order valence-corrected chi connectivity index (χ1v) is 10.1. The summed E-state index contributed by atoms with van der Waals surface area (Å²) in [5.41, 5.74) is 4.54. The number of benzene rings is 2. The second kappa shape index (κ2) is 10.3. The maximum atomic E-state index is 12.1. The van der Waals surface area contributed by atoms with Crippen molar-refractivity contribution in [2.24, 2.45) is 0 Å². The number of amides is 2. The van der Waals surface area contributed by atoms with Gasteiger partial charge in [0, 0.05) is 12.5 Å². The van der Waals surface area contributed by atoms with Crippen LogP contribution >= 0.6 is 0 Å². The van der Waals surface area contributed by atoms with E-state index < -0.39 is 24.5 Å². The van der Waals surface area contributed by atoms with Crippen LogP contribution in [0.4, 0.5) is 4.79 Å². The molecule has 0 saturated carbocycles. The van der Waals surface area contributed by atoms with Gasteiger partial charge in [0.05, 0.1) is 6.54 Å². The van der Waals surface area contributed by atoms with Gasteiger partial charge in [-0.2, -0.15) is 0 Å². The zero-order valence-electron chi connectivity index (χ0n) is 17.3. The fourth-order valence-corrected chi connectivity index (χ4v) is 3.65. The zero-order chi connectivity index (χ0) is 22.2. The van der Waals surface area contributed by atoms with E-state index in [-0.39, 0.29) is 19.1 Å². The third-order valence-corrected chi connectivity index (χ3v) is 4.97. The van der Waals surface area contributed by atoms with Crippen molar-refractivity contribution < 1.29 is 24.2 Å². The number of fused-ring (bicyclic) bond motifs is 3. The first-order valence-electron chi connectivity index (χ1n) is 10.1. The molecule has 0 fully saturated rings. The van der Waals surface area contributed by atoms with Crippen LogP contribution in [0.25, 0.3) is 11.1 Å². The molecule has 7 nitrogen and oxygen atoms in total. The van der Waals surface area contributed by atoms with E-state index in [1.165, 1.54) is 0 Å². The molecule has 0 saturated heterocycles. The largest absolute Gasteiger partial charge is 0.480 e. The number of carboxylic acid groups (broad SMARTS) is 1. The molecule has 0 unspecified atom stereocenters. The van der Waals surface area contributed by atoms with E-state index in [9.17, 15) is 14.4 Å². The van der Waals surface area contributed by atoms with Crippen molar-refractivity contribution in [2.45, 2.75) is 19.3 Å². The average Bonchev–Trinajstić information content (AvgIpc) is 3.08. The van der Waals surface area contributed by atoms with E-state index in [1.807, 2.05) is 43.3 Å². The second-order valence-corrected chi connectivity index (χ2v) is 7.10. The zero-order valence-corrected chi connectivity index (χ0v) is 17.3. The summed E-state index contributed by atoms with van der Waals surface area (Å²) in [6.45, 7) is 1.86. The van der Waals surface area contributed by atoms with E-state index in [0.29, 0.717) is 13.0 Å². The van der Waals surface area contributed by atoms with Gasteiger partial charge in [-0.05, 0) is 34.6 Å². The summed E-state index contributed by atoms with van der Waals surface area (Å²) >= 11 is 0. The van der Waals surface area contributed by atoms with Gasteiger partial charge >= 0.3 is 12.1 Å². The van der Waals surface area contributed by atoms with Gasteiger partial charge in [0.1, 0.15) is 13.2 Å². The van der Waals surface area contributed by atoms with Crippen LogP contribution in [0.2, 0.25) is 0 Å². The lowest BCUT2D eigenvalue weighted by atomic mass is 9.98. The molecule has 2 aromatic carbocycles. The molecule has 2 aromatic rings. The number of hydrogen-bond acceptors (Lipinski definition) is 4. The minimum Gasteiger partial charge on any atom is -0.480 e. The summed E-state index contributed by atoms with van der Waals surface area (Å²) in [5.74, 6) is 3.18. The summed E-state index contributed by atoms with van der Waals surface area (Å²) in [7, 11) is 0. The third kappa shape index (κ3) is 5.43. The number of carbonyl (C=O) groups excluding carboxylic acids is 2. The molecule has 0 bridgehead atoms. The van der Waals surface area contributed by atoms with Gasteiger partial charge in [-0.15, -0.1) is 0 Å². The van der Waals surface area contributed by atoms with Crippen molar-refractivity contribution in [2.75, 3.05) is 26.2 Å². The Morgan fingerprint density at radius 2 is 1.68 bits per heavy atom. The van der Waals surface area contributed by atoms with Crippen LogP contribution in [-0.4, -0.2) is 54.2 Å². The van der Waals surface area contributed by atoms with E-state index in [4.69, 9.17) is 9.84 Å². The SMILES string of the molecule is CCCN(CC(=O)O)C(=O)C#CCNC(=O)OCC1c2ccccc2-c2ccccc21. The minimum atomic E-state index is -1.10. The normalized spacial score (nSPS) is 11.5. The fourth-order valence-electron chi connectivity index (χ4n) is 3.65. The Labute approximate surface area is 181 Å². The van der Waals surface area contributed by atoms with Gasteiger partial charge in [0.15, 0.2) is 0 Å². The lowest BCUT2D eigenvalue weighted by Crippen LogP contribution is -2.35. The van der Waals surface area contributed by atoms with Crippen LogP contribution in [0.5, 0.6) is 0 Å². The summed E-state index contributed by atoms with van der Waals surface area (Å²) in [4.78, 5) is 36.1. The molecule has 0 aliphatic heterocycles. The van der Waals surface area contributed by atoms with Crippen LogP contribution in [0.1, 0.15) is 30.4 Å². The molecule has 1 aliphatic rings. The predicted molar refractivity (Wildman–Crippen MR) is 115 cm³/mol. The summed E-state index contributed by atoms with van der Waals surface area (Å²) < 4.78 is 5.39. The lowest BCUT2D eigenvalue weighted by molar-refractivity contribution is -0.142. The molecule has 160 valence electrons. The Morgan fingerprint density at radius 1 is 1.06 bits per heavy atom. The summed E-state index contributed by atoms with van der Waals surface area (Å²) in [6.07, 6.45) is -0.00170. The Kier molecular flexibility index (Phi) is 7.28. The third-order valence-electron chi connectivity index (χ3n) is 4.97. The molecule has 2 amide bonds. The topological polar surface area (TPSA) is 95.9 Å². The maximum Gasteiger partial charge on any atom is 0.407 e. The monoisotopic (exact) mass is 420 g/mol. The van der Waals surface area contributed by atoms with Crippen LogP contribution in [-0.2, 0) is 14.3 Å². The maximum absolute atomic E-state index is 12.1. The number of carbonyl (C=O) groups is 3. The lowest BCUT2D eigenvalue weighted by Gasteiger charge is -2.16. The van der Waals surface area contributed by atoms with Crippen molar-refractivity contribution in [1.82, 2.24) is 10.2 Å². The number of rotatable bonds is 7. The van der Waals surface area contributed by atoms with Gasteiger partial charge in [0.2, 0.25) is 0 Å². The molecule has 31 heavy (non-hydrogen) atoms. The molecule has 3 rings (SSSR count). The van der Waals surface area contributed by atoms with E-state index in [0.717, 1.165) is 27.2 Å². The van der Waals surface area contributed by atoms with E-state index >= 15 is 0 Å². The van der Waals surface area contributed by atoms with Crippen molar-refractivity contribution in [3.63, 3.8) is 0 Å². The highest BCUT2D eigenvalue weighted by atomic mass is 16.5. The van der Waals surface area contributed by atoms with E-state index in [1.54, 1.807) is 0 Å². The molecule has 0 atom stereocenters. The molecular weight excluding hydrogens is 396 g/mol.